The predicted octanol–water partition coefficient (Wildman–Crippen LogP) is 6.47. The van der Waals surface area contributed by atoms with Gasteiger partial charge >= 0.3 is 5.97 Å². The third-order valence-corrected chi connectivity index (χ3v) is 8.76. The largest absolute Gasteiger partial charge is 0.465 e. The Kier molecular flexibility index (Phi) is 10.4. The first-order chi connectivity index (χ1) is 19.7. The minimum atomic E-state index is -0.203. The summed E-state index contributed by atoms with van der Waals surface area (Å²) in [6.45, 7) is 8.19. The predicted molar refractivity (Wildman–Crippen MR) is 165 cm³/mol. The molecule has 6 heteroatoms. The fourth-order valence-corrected chi connectivity index (χ4v) is 6.54. The van der Waals surface area contributed by atoms with Crippen LogP contribution >= 0.6 is 11.3 Å². The SMILES string of the molecule is CCOC(=O)CNCCc1ccc(-c2sc3ccccc3c2Cc2ccc(COCCN3CCCC3)cc2)cc1. The summed E-state index contributed by atoms with van der Waals surface area (Å²) >= 11 is 1.87. The lowest BCUT2D eigenvalue weighted by Gasteiger charge is -2.14. The minimum absolute atomic E-state index is 0.203. The van der Waals surface area contributed by atoms with Gasteiger partial charge in [-0.2, -0.15) is 0 Å². The molecule has 210 valence electrons. The van der Waals surface area contributed by atoms with Crippen LogP contribution < -0.4 is 5.32 Å². The van der Waals surface area contributed by atoms with E-state index in [0.29, 0.717) is 13.2 Å². The standard InChI is InChI=1S/C34H40N2O3S/c1-2-39-33(37)24-35-18-17-26-13-15-29(16-14-26)34-31(30-7-3-4-8-32(30)40-34)23-27-9-11-28(12-10-27)25-38-22-21-36-19-5-6-20-36/h3-4,7-16,35H,2,5-6,17-25H2,1H3. The van der Waals surface area contributed by atoms with Gasteiger partial charge in [0, 0.05) is 16.1 Å². The average Bonchev–Trinajstić information content (AvgIpc) is 3.63. The van der Waals surface area contributed by atoms with Crippen LogP contribution in [0.4, 0.5) is 0 Å². The van der Waals surface area contributed by atoms with Crippen LogP contribution in [0, 0.1) is 0 Å². The summed E-state index contributed by atoms with van der Waals surface area (Å²) in [5.74, 6) is -0.203. The fraction of sp³-hybridized carbons (Fsp3) is 0.382. The van der Waals surface area contributed by atoms with Crippen LogP contribution in [-0.2, 0) is 33.7 Å². The Hall–Kier alpha value is -3.03. The molecule has 0 unspecified atom stereocenters. The highest BCUT2D eigenvalue weighted by Crippen LogP contribution is 2.40. The van der Waals surface area contributed by atoms with E-state index in [0.717, 1.165) is 32.5 Å². The van der Waals surface area contributed by atoms with Crippen LogP contribution in [0.1, 0.15) is 42.0 Å². The zero-order valence-electron chi connectivity index (χ0n) is 23.5. The fourth-order valence-electron chi connectivity index (χ4n) is 5.31. The highest BCUT2D eigenvalue weighted by atomic mass is 32.1. The summed E-state index contributed by atoms with van der Waals surface area (Å²) in [5, 5.41) is 4.50. The molecule has 0 saturated carbocycles. The summed E-state index contributed by atoms with van der Waals surface area (Å²) in [7, 11) is 0. The number of thiophene rings is 1. The van der Waals surface area contributed by atoms with Crippen molar-refractivity contribution in [2.45, 2.75) is 39.2 Å². The van der Waals surface area contributed by atoms with Crippen molar-refractivity contribution in [1.29, 1.82) is 0 Å². The van der Waals surface area contributed by atoms with Crippen molar-refractivity contribution >= 4 is 27.4 Å². The lowest BCUT2D eigenvalue weighted by atomic mass is 9.97. The second-order valence-corrected chi connectivity index (χ2v) is 11.5. The van der Waals surface area contributed by atoms with E-state index in [2.05, 4.69) is 83.0 Å². The number of rotatable bonds is 14. The summed E-state index contributed by atoms with van der Waals surface area (Å²) in [6.07, 6.45) is 4.42. The van der Waals surface area contributed by atoms with Gasteiger partial charge in [-0.1, -0.05) is 66.7 Å². The number of nitrogens with zero attached hydrogens (tertiary/aromatic N) is 1. The molecule has 0 bridgehead atoms. The number of nitrogens with one attached hydrogen (secondary N) is 1. The topological polar surface area (TPSA) is 50.8 Å². The summed E-state index contributed by atoms with van der Waals surface area (Å²) in [4.78, 5) is 15.3. The van der Waals surface area contributed by atoms with Crippen LogP contribution in [0.5, 0.6) is 0 Å². The van der Waals surface area contributed by atoms with Crippen molar-refractivity contribution in [3.63, 3.8) is 0 Å². The van der Waals surface area contributed by atoms with E-state index >= 15 is 0 Å². The van der Waals surface area contributed by atoms with Crippen molar-refractivity contribution in [3.8, 4) is 10.4 Å². The van der Waals surface area contributed by atoms with E-state index in [-0.39, 0.29) is 12.5 Å². The Morgan fingerprint density at radius 2 is 1.65 bits per heavy atom. The first-order valence-electron chi connectivity index (χ1n) is 14.5. The number of benzene rings is 3. The van der Waals surface area contributed by atoms with Crippen LogP contribution in [0.15, 0.2) is 72.8 Å². The van der Waals surface area contributed by atoms with Crippen LogP contribution in [0.25, 0.3) is 20.5 Å². The molecule has 0 aliphatic carbocycles. The van der Waals surface area contributed by atoms with Gasteiger partial charge in [-0.05, 0) is 91.5 Å². The Bertz CT molecular complexity index is 1360. The molecule has 1 N–H and O–H groups in total. The van der Waals surface area contributed by atoms with Gasteiger partial charge in [0.25, 0.3) is 0 Å². The lowest BCUT2D eigenvalue weighted by molar-refractivity contribution is -0.141. The van der Waals surface area contributed by atoms with E-state index in [4.69, 9.17) is 9.47 Å². The molecule has 3 aromatic carbocycles. The first-order valence-corrected chi connectivity index (χ1v) is 15.3. The zero-order chi connectivity index (χ0) is 27.6. The Balaban J connectivity index is 1.21. The summed E-state index contributed by atoms with van der Waals surface area (Å²) in [6, 6.07) is 26.5. The molecule has 1 aromatic heterocycles. The van der Waals surface area contributed by atoms with Gasteiger partial charge in [0.2, 0.25) is 0 Å². The van der Waals surface area contributed by atoms with E-state index in [1.807, 2.05) is 18.3 Å². The molecule has 1 aliphatic heterocycles. The minimum Gasteiger partial charge on any atom is -0.465 e. The smallest absolute Gasteiger partial charge is 0.319 e. The van der Waals surface area contributed by atoms with Crippen LogP contribution in [0.3, 0.4) is 0 Å². The van der Waals surface area contributed by atoms with E-state index in [1.54, 1.807) is 0 Å². The van der Waals surface area contributed by atoms with E-state index < -0.39 is 0 Å². The second-order valence-electron chi connectivity index (χ2n) is 10.4. The number of esters is 1. The van der Waals surface area contributed by atoms with Gasteiger partial charge in [-0.15, -0.1) is 11.3 Å². The average molecular weight is 557 g/mol. The van der Waals surface area contributed by atoms with Crippen LogP contribution in [0.2, 0.25) is 0 Å². The molecule has 5 nitrogen and oxygen atoms in total. The van der Waals surface area contributed by atoms with Crippen molar-refractivity contribution in [3.05, 3.63) is 95.1 Å². The van der Waals surface area contributed by atoms with Gasteiger partial charge in [-0.25, -0.2) is 0 Å². The molecule has 0 atom stereocenters. The quantitative estimate of drug-likeness (QED) is 0.143. The van der Waals surface area contributed by atoms with Crippen molar-refractivity contribution in [1.82, 2.24) is 10.2 Å². The van der Waals surface area contributed by atoms with Crippen molar-refractivity contribution in [2.24, 2.45) is 0 Å². The van der Waals surface area contributed by atoms with Gasteiger partial charge in [-0.3, -0.25) is 4.79 Å². The maximum Gasteiger partial charge on any atom is 0.319 e. The maximum atomic E-state index is 11.5. The highest BCUT2D eigenvalue weighted by Gasteiger charge is 2.15. The van der Waals surface area contributed by atoms with Crippen molar-refractivity contribution < 1.29 is 14.3 Å². The number of hydrogen-bond acceptors (Lipinski definition) is 6. The molecule has 1 fully saturated rings. The van der Waals surface area contributed by atoms with Gasteiger partial charge in [0.05, 0.1) is 26.4 Å². The number of likely N-dealkylation sites (tertiary alicyclic amines) is 1. The molecular weight excluding hydrogens is 516 g/mol. The zero-order valence-corrected chi connectivity index (χ0v) is 24.3. The molecule has 0 spiro atoms. The van der Waals surface area contributed by atoms with E-state index in [1.165, 1.54) is 68.7 Å². The molecule has 0 amide bonds. The lowest BCUT2D eigenvalue weighted by Crippen LogP contribution is -2.26. The maximum absolute atomic E-state index is 11.5. The first kappa shape index (κ1) is 28.5. The highest BCUT2D eigenvalue weighted by molar-refractivity contribution is 7.22. The molecule has 4 aromatic rings. The van der Waals surface area contributed by atoms with Crippen molar-refractivity contribution in [2.75, 3.05) is 45.9 Å². The Morgan fingerprint density at radius 3 is 2.42 bits per heavy atom. The summed E-state index contributed by atoms with van der Waals surface area (Å²) < 4.78 is 12.3. The Labute approximate surface area is 242 Å². The second kappa shape index (κ2) is 14.6. The monoisotopic (exact) mass is 556 g/mol. The van der Waals surface area contributed by atoms with E-state index in [9.17, 15) is 4.79 Å². The molecule has 1 saturated heterocycles. The number of ether oxygens (including phenoxy) is 2. The number of carbonyl (C=O) groups excluding carboxylic acids is 1. The van der Waals surface area contributed by atoms with Gasteiger partial charge in [0.15, 0.2) is 0 Å². The third-order valence-electron chi connectivity index (χ3n) is 7.50. The van der Waals surface area contributed by atoms with Gasteiger partial charge in [0.1, 0.15) is 0 Å². The number of carbonyl (C=O) groups is 1. The molecule has 0 radical (unpaired) electrons. The van der Waals surface area contributed by atoms with Crippen LogP contribution in [-0.4, -0.2) is 56.8 Å². The molecular formula is C34H40N2O3S. The molecule has 40 heavy (non-hydrogen) atoms. The Morgan fingerprint density at radius 1 is 0.925 bits per heavy atom. The van der Waals surface area contributed by atoms with Gasteiger partial charge < -0.3 is 19.7 Å². The normalized spacial score (nSPS) is 13.7. The molecule has 1 aliphatic rings. The third kappa shape index (κ3) is 7.79. The summed E-state index contributed by atoms with van der Waals surface area (Å²) in [5.41, 5.74) is 6.44. The molecule has 2 heterocycles. The number of hydrogen-bond donors (Lipinski definition) is 1. The number of fused-ring (bicyclic) bond motifs is 1. The molecule has 5 rings (SSSR count).